The smallest absolute Gasteiger partial charge is 0.325 e. The second-order valence-corrected chi connectivity index (χ2v) is 5.50. The average molecular weight is 257 g/mol. The Bertz CT molecular complexity index is 585. The van der Waals surface area contributed by atoms with E-state index < -0.39 is 5.60 Å². The Morgan fingerprint density at radius 2 is 1.79 bits per heavy atom. The van der Waals surface area contributed by atoms with E-state index in [1.807, 2.05) is 57.2 Å². The molecule has 3 nitrogen and oxygen atoms in total. The lowest BCUT2D eigenvalue weighted by molar-refractivity contribution is -0.152. The molecule has 2 aromatic carbocycles. The Hall–Kier alpha value is -2.03. The van der Waals surface area contributed by atoms with E-state index in [0.29, 0.717) is 0 Å². The summed E-state index contributed by atoms with van der Waals surface area (Å²) in [6.45, 7) is 5.76. The molecule has 0 saturated carbocycles. The maximum absolute atomic E-state index is 11.6. The molecule has 0 fully saturated rings. The second-order valence-electron chi connectivity index (χ2n) is 5.50. The lowest BCUT2D eigenvalue weighted by atomic mass is 10.1. The van der Waals surface area contributed by atoms with Gasteiger partial charge in [-0.25, -0.2) is 0 Å². The van der Waals surface area contributed by atoms with Crippen molar-refractivity contribution in [1.82, 2.24) is 0 Å². The molecule has 1 N–H and O–H groups in total. The molecular weight excluding hydrogens is 238 g/mol. The van der Waals surface area contributed by atoms with E-state index >= 15 is 0 Å². The minimum atomic E-state index is -0.442. The van der Waals surface area contributed by atoms with Crippen LogP contribution in [0.3, 0.4) is 0 Å². The van der Waals surface area contributed by atoms with Crippen LogP contribution in [-0.2, 0) is 9.53 Å². The Kier molecular flexibility index (Phi) is 3.74. The SMILES string of the molecule is CC(C)(C)OC(=O)CNc1ccc2ccccc2c1. The molecule has 0 atom stereocenters. The third kappa shape index (κ3) is 3.98. The van der Waals surface area contributed by atoms with Crippen molar-refractivity contribution >= 4 is 22.4 Å². The molecule has 0 spiro atoms. The number of hydrogen-bond acceptors (Lipinski definition) is 3. The van der Waals surface area contributed by atoms with Crippen molar-refractivity contribution in [3.8, 4) is 0 Å². The van der Waals surface area contributed by atoms with E-state index in [-0.39, 0.29) is 12.5 Å². The maximum Gasteiger partial charge on any atom is 0.325 e. The van der Waals surface area contributed by atoms with Gasteiger partial charge in [-0.3, -0.25) is 4.79 Å². The predicted octanol–water partition coefficient (Wildman–Crippen LogP) is 3.59. The van der Waals surface area contributed by atoms with Crippen LogP contribution in [-0.4, -0.2) is 18.1 Å². The zero-order chi connectivity index (χ0) is 13.9. The number of rotatable bonds is 3. The summed E-state index contributed by atoms with van der Waals surface area (Å²) in [6, 6.07) is 14.1. The van der Waals surface area contributed by atoms with E-state index in [1.165, 1.54) is 5.39 Å². The number of benzene rings is 2. The molecule has 0 aromatic heterocycles. The van der Waals surface area contributed by atoms with Crippen molar-refractivity contribution in [2.24, 2.45) is 0 Å². The number of carbonyl (C=O) groups excluding carboxylic acids is 1. The summed E-state index contributed by atoms with van der Waals surface area (Å²) in [6.07, 6.45) is 0. The summed E-state index contributed by atoms with van der Waals surface area (Å²) >= 11 is 0. The van der Waals surface area contributed by atoms with Crippen molar-refractivity contribution in [3.05, 3.63) is 42.5 Å². The number of anilines is 1. The summed E-state index contributed by atoms with van der Waals surface area (Å²) in [7, 11) is 0. The topological polar surface area (TPSA) is 38.3 Å². The van der Waals surface area contributed by atoms with Crippen LogP contribution in [0, 0.1) is 0 Å². The molecule has 19 heavy (non-hydrogen) atoms. The third-order valence-corrected chi connectivity index (χ3v) is 2.61. The molecule has 0 aliphatic carbocycles. The van der Waals surface area contributed by atoms with Crippen LogP contribution in [0.1, 0.15) is 20.8 Å². The van der Waals surface area contributed by atoms with Gasteiger partial charge < -0.3 is 10.1 Å². The first-order valence-corrected chi connectivity index (χ1v) is 6.38. The monoisotopic (exact) mass is 257 g/mol. The summed E-state index contributed by atoms with van der Waals surface area (Å²) in [5.41, 5.74) is 0.479. The highest BCUT2D eigenvalue weighted by Crippen LogP contribution is 2.18. The van der Waals surface area contributed by atoms with Crippen LogP contribution in [0.25, 0.3) is 10.8 Å². The Morgan fingerprint density at radius 1 is 1.11 bits per heavy atom. The summed E-state index contributed by atoms with van der Waals surface area (Å²) in [4.78, 5) is 11.6. The highest BCUT2D eigenvalue weighted by molar-refractivity contribution is 5.86. The first kappa shape index (κ1) is 13.4. The number of ether oxygens (including phenoxy) is 1. The highest BCUT2D eigenvalue weighted by atomic mass is 16.6. The number of carbonyl (C=O) groups is 1. The molecule has 0 heterocycles. The molecule has 2 aromatic rings. The third-order valence-electron chi connectivity index (χ3n) is 2.61. The molecule has 0 aliphatic rings. The fourth-order valence-corrected chi connectivity index (χ4v) is 1.85. The van der Waals surface area contributed by atoms with Crippen LogP contribution in [0.4, 0.5) is 5.69 Å². The Balaban J connectivity index is 2.00. The molecule has 2 rings (SSSR count). The standard InChI is InChI=1S/C16H19NO2/c1-16(2,3)19-15(18)11-17-14-9-8-12-6-4-5-7-13(12)10-14/h4-10,17H,11H2,1-3H3. The van der Waals surface area contributed by atoms with Gasteiger partial charge >= 0.3 is 5.97 Å². The van der Waals surface area contributed by atoms with Crippen molar-refractivity contribution in [2.75, 3.05) is 11.9 Å². The van der Waals surface area contributed by atoms with Gasteiger partial charge in [0.15, 0.2) is 0 Å². The summed E-state index contributed by atoms with van der Waals surface area (Å²) in [5.74, 6) is -0.249. The molecule has 0 saturated heterocycles. The van der Waals surface area contributed by atoms with E-state index in [2.05, 4.69) is 11.4 Å². The van der Waals surface area contributed by atoms with Gasteiger partial charge in [-0.1, -0.05) is 30.3 Å². The molecule has 0 unspecified atom stereocenters. The Morgan fingerprint density at radius 3 is 2.47 bits per heavy atom. The molecule has 0 amide bonds. The highest BCUT2D eigenvalue weighted by Gasteiger charge is 2.15. The minimum absolute atomic E-state index is 0.176. The lowest BCUT2D eigenvalue weighted by Crippen LogP contribution is -2.28. The van der Waals surface area contributed by atoms with Crippen LogP contribution in [0.15, 0.2) is 42.5 Å². The molecule has 0 aliphatic heterocycles. The quantitative estimate of drug-likeness (QED) is 0.854. The van der Waals surface area contributed by atoms with Gasteiger partial charge in [-0.15, -0.1) is 0 Å². The van der Waals surface area contributed by atoms with Gasteiger partial charge in [0.05, 0.1) is 0 Å². The fourth-order valence-electron chi connectivity index (χ4n) is 1.85. The number of hydrogen-bond donors (Lipinski definition) is 1. The van der Waals surface area contributed by atoms with Crippen molar-refractivity contribution in [2.45, 2.75) is 26.4 Å². The zero-order valence-corrected chi connectivity index (χ0v) is 11.6. The van der Waals surface area contributed by atoms with Gasteiger partial charge in [0, 0.05) is 5.69 Å². The number of nitrogens with one attached hydrogen (secondary N) is 1. The van der Waals surface area contributed by atoms with Gasteiger partial charge in [-0.05, 0) is 43.7 Å². The van der Waals surface area contributed by atoms with E-state index in [0.717, 1.165) is 11.1 Å². The minimum Gasteiger partial charge on any atom is -0.459 e. The lowest BCUT2D eigenvalue weighted by Gasteiger charge is -2.19. The van der Waals surface area contributed by atoms with E-state index in [9.17, 15) is 4.79 Å². The normalized spacial score (nSPS) is 11.3. The molecule has 3 heteroatoms. The summed E-state index contributed by atoms with van der Waals surface area (Å²) < 4.78 is 5.25. The average Bonchev–Trinajstić information content (AvgIpc) is 2.34. The van der Waals surface area contributed by atoms with Crippen molar-refractivity contribution in [3.63, 3.8) is 0 Å². The van der Waals surface area contributed by atoms with Crippen molar-refractivity contribution < 1.29 is 9.53 Å². The van der Waals surface area contributed by atoms with Gasteiger partial charge in [-0.2, -0.15) is 0 Å². The summed E-state index contributed by atoms with van der Waals surface area (Å²) in [5, 5.41) is 5.42. The van der Waals surface area contributed by atoms with E-state index in [4.69, 9.17) is 4.74 Å². The Labute approximate surface area is 113 Å². The fraction of sp³-hybridized carbons (Fsp3) is 0.312. The zero-order valence-electron chi connectivity index (χ0n) is 11.6. The van der Waals surface area contributed by atoms with Crippen LogP contribution in [0.5, 0.6) is 0 Å². The number of esters is 1. The van der Waals surface area contributed by atoms with Gasteiger partial charge in [0.1, 0.15) is 12.1 Å². The largest absolute Gasteiger partial charge is 0.459 e. The molecule has 100 valence electrons. The second kappa shape index (κ2) is 5.31. The van der Waals surface area contributed by atoms with Crippen LogP contribution >= 0.6 is 0 Å². The van der Waals surface area contributed by atoms with Crippen LogP contribution < -0.4 is 5.32 Å². The molecule has 0 radical (unpaired) electrons. The van der Waals surface area contributed by atoms with Crippen molar-refractivity contribution in [1.29, 1.82) is 0 Å². The van der Waals surface area contributed by atoms with Gasteiger partial charge in [0.2, 0.25) is 0 Å². The molecule has 0 bridgehead atoms. The maximum atomic E-state index is 11.6. The van der Waals surface area contributed by atoms with Gasteiger partial charge in [0.25, 0.3) is 0 Å². The number of fused-ring (bicyclic) bond motifs is 1. The first-order chi connectivity index (χ1) is 8.94. The van der Waals surface area contributed by atoms with Crippen LogP contribution in [0.2, 0.25) is 0 Å². The van der Waals surface area contributed by atoms with E-state index in [1.54, 1.807) is 0 Å². The first-order valence-electron chi connectivity index (χ1n) is 6.38. The predicted molar refractivity (Wildman–Crippen MR) is 78.3 cm³/mol. The molecular formula is C16H19NO2.